The monoisotopic (exact) mass is 476 g/mol. The first kappa shape index (κ1) is 24.3. The molecule has 0 aliphatic heterocycles. The smallest absolute Gasteiger partial charge is 0.331 e. The Kier molecular flexibility index (Phi) is 7.10. The van der Waals surface area contributed by atoms with Gasteiger partial charge in [0.2, 0.25) is 5.78 Å². The maximum absolute atomic E-state index is 13.3. The van der Waals surface area contributed by atoms with Crippen molar-refractivity contribution in [2.45, 2.75) is 52.5 Å². The molecule has 8 heteroatoms. The van der Waals surface area contributed by atoms with Crippen molar-refractivity contribution in [1.29, 1.82) is 0 Å². The molecule has 1 saturated carbocycles. The van der Waals surface area contributed by atoms with Gasteiger partial charge in [-0.3, -0.25) is 14.4 Å². The Morgan fingerprint density at radius 3 is 2.14 bits per heavy atom. The van der Waals surface area contributed by atoms with Crippen LogP contribution < -0.4 is 0 Å². The summed E-state index contributed by atoms with van der Waals surface area (Å²) in [5.74, 6) is -1.35. The number of oxime groups is 1. The van der Waals surface area contributed by atoms with Crippen molar-refractivity contribution in [2.24, 2.45) is 11.1 Å². The zero-order valence-corrected chi connectivity index (χ0v) is 20.1. The van der Waals surface area contributed by atoms with Gasteiger partial charge in [-0.1, -0.05) is 11.6 Å². The summed E-state index contributed by atoms with van der Waals surface area (Å²) in [6.45, 7) is 3.95. The van der Waals surface area contributed by atoms with Crippen molar-refractivity contribution >= 4 is 51.0 Å². The summed E-state index contributed by atoms with van der Waals surface area (Å²) < 4.78 is 6.79. The lowest BCUT2D eigenvalue weighted by Crippen LogP contribution is -2.21. The van der Waals surface area contributed by atoms with Crippen molar-refractivity contribution in [3.8, 4) is 0 Å². The summed E-state index contributed by atoms with van der Waals surface area (Å²) in [7, 11) is 1.26. The maximum Gasteiger partial charge on any atom is 0.331 e. The number of rotatable bonds is 9. The number of ether oxygens (including phenoxy) is 1. The van der Waals surface area contributed by atoms with Gasteiger partial charge in [0.05, 0.1) is 13.5 Å². The lowest BCUT2D eigenvalue weighted by molar-refractivity contribution is -0.141. The molecule has 0 radical (unpaired) electrons. The van der Waals surface area contributed by atoms with Crippen molar-refractivity contribution in [3.05, 3.63) is 47.5 Å². The predicted octanol–water partition coefficient (Wildman–Crippen LogP) is 4.85. The van der Waals surface area contributed by atoms with Crippen molar-refractivity contribution in [2.75, 3.05) is 7.11 Å². The minimum atomic E-state index is -0.668. The third-order valence-corrected chi connectivity index (χ3v) is 6.54. The molecule has 8 nitrogen and oxygen atoms in total. The lowest BCUT2D eigenvalue weighted by atomic mass is 9.80. The quantitative estimate of drug-likeness (QED) is 0.144. The number of esters is 1. The van der Waals surface area contributed by atoms with E-state index >= 15 is 0 Å². The average molecular weight is 477 g/mol. The van der Waals surface area contributed by atoms with Crippen molar-refractivity contribution in [3.63, 3.8) is 0 Å². The number of aromatic nitrogens is 1. The van der Waals surface area contributed by atoms with E-state index in [0.29, 0.717) is 11.1 Å². The van der Waals surface area contributed by atoms with E-state index in [1.54, 1.807) is 12.1 Å². The second-order valence-corrected chi connectivity index (χ2v) is 8.73. The predicted molar refractivity (Wildman–Crippen MR) is 132 cm³/mol. The topological polar surface area (TPSA) is 104 Å². The first-order valence-electron chi connectivity index (χ1n) is 11.8. The van der Waals surface area contributed by atoms with Crippen LogP contribution in [0.25, 0.3) is 21.8 Å². The van der Waals surface area contributed by atoms with Crippen LogP contribution in [0.5, 0.6) is 0 Å². The van der Waals surface area contributed by atoms with Crippen molar-refractivity contribution < 1.29 is 28.8 Å². The summed E-state index contributed by atoms with van der Waals surface area (Å²) in [4.78, 5) is 53.7. The maximum atomic E-state index is 13.3. The Labute approximate surface area is 202 Å². The molecule has 0 amide bonds. The first-order chi connectivity index (χ1) is 16.8. The Morgan fingerprint density at radius 1 is 0.971 bits per heavy atom. The molecule has 182 valence electrons. The lowest BCUT2D eigenvalue weighted by Gasteiger charge is -2.23. The van der Waals surface area contributed by atoms with E-state index in [1.165, 1.54) is 14.0 Å². The van der Waals surface area contributed by atoms with Crippen LogP contribution >= 0.6 is 0 Å². The number of carbonyl (C=O) groups is 4. The van der Waals surface area contributed by atoms with Gasteiger partial charge in [-0.15, -0.1) is 0 Å². The molecule has 1 aliphatic carbocycles. The molecular weight excluding hydrogens is 448 g/mol. The number of aryl methyl sites for hydroxylation is 1. The molecule has 0 saturated heterocycles. The molecule has 3 aromatic rings. The molecule has 0 bridgehead atoms. The number of hydrogen-bond acceptors (Lipinski definition) is 7. The van der Waals surface area contributed by atoms with Crippen LogP contribution in [-0.4, -0.2) is 40.9 Å². The van der Waals surface area contributed by atoms with Gasteiger partial charge in [0.25, 0.3) is 0 Å². The molecule has 1 heterocycles. The molecule has 1 fully saturated rings. The molecule has 35 heavy (non-hydrogen) atoms. The minimum Gasteiger partial charge on any atom is -0.469 e. The summed E-state index contributed by atoms with van der Waals surface area (Å²) in [5.41, 5.74) is 2.91. The Hall–Kier alpha value is -3.81. The van der Waals surface area contributed by atoms with Gasteiger partial charge in [0, 0.05) is 58.7 Å². The summed E-state index contributed by atoms with van der Waals surface area (Å²) in [6, 6.07) is 11.1. The number of benzene rings is 2. The zero-order valence-electron chi connectivity index (χ0n) is 20.1. The van der Waals surface area contributed by atoms with E-state index in [0.717, 1.165) is 47.6 Å². The molecular formula is C27H28N2O6. The highest BCUT2D eigenvalue weighted by Gasteiger charge is 2.27. The molecule has 1 aliphatic rings. The van der Waals surface area contributed by atoms with Crippen LogP contribution in [0.2, 0.25) is 0 Å². The van der Waals surface area contributed by atoms with Gasteiger partial charge >= 0.3 is 11.9 Å². The van der Waals surface area contributed by atoms with Gasteiger partial charge in [-0.05, 0) is 56.2 Å². The fraction of sp³-hybridized carbons (Fsp3) is 0.370. The van der Waals surface area contributed by atoms with Gasteiger partial charge in [-0.2, -0.15) is 0 Å². The molecule has 1 aromatic heterocycles. The van der Waals surface area contributed by atoms with E-state index in [9.17, 15) is 19.2 Å². The van der Waals surface area contributed by atoms with Gasteiger partial charge in [0.1, 0.15) is 5.71 Å². The molecule has 0 N–H and O–H groups in total. The summed E-state index contributed by atoms with van der Waals surface area (Å²) in [6.07, 6.45) is 2.84. The third kappa shape index (κ3) is 4.87. The molecule has 2 aromatic carbocycles. The van der Waals surface area contributed by atoms with E-state index in [4.69, 9.17) is 4.84 Å². The second-order valence-electron chi connectivity index (χ2n) is 8.73. The molecule has 0 unspecified atom stereocenters. The van der Waals surface area contributed by atoms with E-state index in [1.807, 2.05) is 31.2 Å². The Morgan fingerprint density at radius 2 is 1.60 bits per heavy atom. The normalized spacial score (nSPS) is 14.1. The number of carbonyl (C=O) groups excluding carboxylic acids is 4. The number of Topliss-reactive ketones (excluding diaryl/α,β-unsaturated/α-hetero) is 2. The third-order valence-electron chi connectivity index (χ3n) is 6.54. The second kappa shape index (κ2) is 10.2. The van der Waals surface area contributed by atoms with Crippen LogP contribution in [0.3, 0.4) is 0 Å². The zero-order chi connectivity index (χ0) is 25.1. The van der Waals surface area contributed by atoms with E-state index in [-0.39, 0.29) is 30.3 Å². The summed E-state index contributed by atoms with van der Waals surface area (Å²) >= 11 is 0. The SMILES string of the molecule is CCn1c2ccc(C(=O)/C(CCC(=O)OC)=N/OC(C)=O)cc2c2cc(C(=O)C3CCC3)ccc21. The standard InChI is InChI=1S/C27H28N2O6/c1-4-29-23-11-8-18(26(32)17-6-5-7-17)14-20(23)21-15-19(9-12-24(21)29)27(33)22(28-35-16(2)30)10-13-25(31)34-3/h8-9,11-12,14-15,17H,4-7,10,13H2,1-3H3/b28-22+. The van der Waals surface area contributed by atoms with Crippen LogP contribution in [0, 0.1) is 5.92 Å². The number of fused-ring (bicyclic) bond motifs is 3. The number of ketones is 2. The molecule has 0 atom stereocenters. The fourth-order valence-corrected chi connectivity index (χ4v) is 4.45. The van der Waals surface area contributed by atoms with Gasteiger partial charge in [0.15, 0.2) is 5.78 Å². The Balaban J connectivity index is 1.76. The van der Waals surface area contributed by atoms with E-state index < -0.39 is 17.7 Å². The first-order valence-corrected chi connectivity index (χ1v) is 11.8. The van der Waals surface area contributed by atoms with Gasteiger partial charge in [-0.25, -0.2) is 4.79 Å². The van der Waals surface area contributed by atoms with Crippen LogP contribution in [0.1, 0.15) is 66.7 Å². The highest BCUT2D eigenvalue weighted by atomic mass is 16.7. The van der Waals surface area contributed by atoms with E-state index in [2.05, 4.69) is 14.5 Å². The number of nitrogens with zero attached hydrogens (tertiary/aromatic N) is 2. The molecule has 4 rings (SSSR count). The van der Waals surface area contributed by atoms with Crippen LogP contribution in [0.15, 0.2) is 41.6 Å². The van der Waals surface area contributed by atoms with Gasteiger partial charge < -0.3 is 14.1 Å². The minimum absolute atomic E-state index is 0.0341. The molecule has 0 spiro atoms. The highest BCUT2D eigenvalue weighted by molar-refractivity contribution is 6.46. The van der Waals surface area contributed by atoms with Crippen LogP contribution in [0.4, 0.5) is 0 Å². The van der Waals surface area contributed by atoms with Crippen LogP contribution in [-0.2, 0) is 25.7 Å². The fourth-order valence-electron chi connectivity index (χ4n) is 4.45. The van der Waals surface area contributed by atoms with Crippen molar-refractivity contribution in [1.82, 2.24) is 4.57 Å². The largest absolute Gasteiger partial charge is 0.469 e. The number of hydrogen-bond donors (Lipinski definition) is 0. The number of methoxy groups -OCH3 is 1. The Bertz CT molecular complexity index is 1360. The highest BCUT2D eigenvalue weighted by Crippen LogP contribution is 2.34. The summed E-state index contributed by atoms with van der Waals surface area (Å²) in [5, 5.41) is 5.44. The average Bonchev–Trinajstić information content (AvgIpc) is 3.14.